The van der Waals surface area contributed by atoms with Gasteiger partial charge >= 0.3 is 0 Å². The van der Waals surface area contributed by atoms with Gasteiger partial charge in [0.05, 0.1) is 0 Å². The third-order valence-electron chi connectivity index (χ3n) is 4.77. The first-order chi connectivity index (χ1) is 13.0. The fourth-order valence-electron chi connectivity index (χ4n) is 2.97. The van der Waals surface area contributed by atoms with Crippen molar-refractivity contribution < 1.29 is 4.79 Å². The van der Waals surface area contributed by atoms with Gasteiger partial charge in [-0.15, -0.1) is 45.5 Å². The summed E-state index contributed by atoms with van der Waals surface area (Å²) in [5, 5.41) is 17.2. The van der Waals surface area contributed by atoms with Crippen LogP contribution in [0.25, 0.3) is 0 Å². The molecule has 2 N–H and O–H groups in total. The molecule has 0 aromatic carbocycles. The highest BCUT2D eigenvalue weighted by Gasteiger charge is 2.23. The number of hydrogen-bond donors (Lipinski definition) is 2. The van der Waals surface area contributed by atoms with Crippen LogP contribution in [-0.2, 0) is 24.8 Å². The highest BCUT2D eigenvalue weighted by atomic mass is 127. The molecule has 8 nitrogen and oxygen atoms in total. The first-order valence-corrected chi connectivity index (χ1v) is 10.1. The number of thiophene rings is 1. The molecule has 1 aliphatic rings. The van der Waals surface area contributed by atoms with Crippen molar-refractivity contribution in [3.63, 3.8) is 0 Å². The van der Waals surface area contributed by atoms with Gasteiger partial charge in [0, 0.05) is 44.5 Å². The number of nitrogens with one attached hydrogen (secondary N) is 2. The van der Waals surface area contributed by atoms with E-state index in [1.165, 1.54) is 4.88 Å². The van der Waals surface area contributed by atoms with Crippen molar-refractivity contribution in [1.29, 1.82) is 0 Å². The molecule has 1 atom stereocenters. The van der Waals surface area contributed by atoms with Gasteiger partial charge in [0.15, 0.2) is 11.8 Å². The zero-order valence-corrected chi connectivity index (χ0v) is 19.7. The molecule has 28 heavy (non-hydrogen) atoms. The maximum atomic E-state index is 11.7. The lowest BCUT2D eigenvalue weighted by atomic mass is 10.1. The van der Waals surface area contributed by atoms with E-state index in [1.807, 2.05) is 25.6 Å². The number of piperidine rings is 1. The molecular weight excluding hydrogens is 489 g/mol. The average Bonchev–Trinajstić information content (AvgIpc) is 3.27. The summed E-state index contributed by atoms with van der Waals surface area (Å²) >= 11 is 1.76. The first-order valence-electron chi connectivity index (χ1n) is 9.19. The second kappa shape index (κ2) is 10.7. The van der Waals surface area contributed by atoms with Crippen LogP contribution in [0, 0.1) is 6.92 Å². The molecule has 0 aliphatic carbocycles. The van der Waals surface area contributed by atoms with E-state index in [0.717, 1.165) is 37.0 Å². The van der Waals surface area contributed by atoms with Gasteiger partial charge in [-0.2, -0.15) is 0 Å². The lowest BCUT2D eigenvalue weighted by molar-refractivity contribution is -0.132. The standard InChI is InChI=1S/C18H27N7OS.HI/c1-13-22-23-16(25(13)3)11-20-18(19-9-8-15-5-4-10-27-15)21-14-6-7-17(26)24(2)12-14;/h4-5,10,14H,6-9,11-12H2,1-3H3,(H2,19,20,21);1H. The number of guanidine groups is 1. The molecule has 1 aliphatic heterocycles. The zero-order valence-electron chi connectivity index (χ0n) is 16.5. The number of aliphatic imine (C=N–C) groups is 1. The van der Waals surface area contributed by atoms with Gasteiger partial charge in [-0.3, -0.25) is 4.79 Å². The lowest BCUT2D eigenvalue weighted by Crippen LogP contribution is -2.52. The molecule has 10 heteroatoms. The Balaban J connectivity index is 0.00000280. The highest BCUT2D eigenvalue weighted by molar-refractivity contribution is 14.0. The predicted octanol–water partition coefficient (Wildman–Crippen LogP) is 1.70. The number of hydrogen-bond acceptors (Lipinski definition) is 5. The number of rotatable bonds is 6. The van der Waals surface area contributed by atoms with E-state index >= 15 is 0 Å². The Labute approximate surface area is 186 Å². The minimum absolute atomic E-state index is 0. The number of carbonyl (C=O) groups excluding carboxylic acids is 1. The fourth-order valence-corrected chi connectivity index (χ4v) is 3.68. The molecule has 1 saturated heterocycles. The van der Waals surface area contributed by atoms with Crippen LogP contribution in [0.3, 0.4) is 0 Å². The molecule has 3 rings (SSSR count). The van der Waals surface area contributed by atoms with Gasteiger partial charge in [0.2, 0.25) is 5.91 Å². The van der Waals surface area contributed by atoms with Crippen LogP contribution in [-0.4, -0.2) is 57.7 Å². The fraction of sp³-hybridized carbons (Fsp3) is 0.556. The highest BCUT2D eigenvalue weighted by Crippen LogP contribution is 2.10. The van der Waals surface area contributed by atoms with E-state index in [2.05, 4.69) is 38.3 Å². The molecule has 154 valence electrons. The van der Waals surface area contributed by atoms with Crippen molar-refractivity contribution in [2.45, 2.75) is 38.8 Å². The van der Waals surface area contributed by atoms with Crippen LogP contribution >= 0.6 is 35.3 Å². The average molecular weight is 517 g/mol. The van der Waals surface area contributed by atoms with Crippen molar-refractivity contribution in [2.24, 2.45) is 12.0 Å². The summed E-state index contributed by atoms with van der Waals surface area (Å²) in [6.45, 7) is 3.86. The van der Waals surface area contributed by atoms with Crippen LogP contribution in [0.15, 0.2) is 22.5 Å². The largest absolute Gasteiger partial charge is 0.356 e. The Bertz CT molecular complexity index is 790. The van der Waals surface area contributed by atoms with E-state index in [4.69, 9.17) is 4.99 Å². The number of halogens is 1. The number of amides is 1. The maximum absolute atomic E-state index is 11.7. The molecule has 2 aromatic rings. The van der Waals surface area contributed by atoms with E-state index in [9.17, 15) is 4.79 Å². The van der Waals surface area contributed by atoms with Crippen molar-refractivity contribution in [3.05, 3.63) is 34.0 Å². The quantitative estimate of drug-likeness (QED) is 0.346. The molecule has 0 bridgehead atoms. The van der Waals surface area contributed by atoms with Crippen LogP contribution in [0.4, 0.5) is 0 Å². The molecule has 0 radical (unpaired) electrons. The Kier molecular flexibility index (Phi) is 8.67. The van der Waals surface area contributed by atoms with Crippen LogP contribution in [0.5, 0.6) is 0 Å². The normalized spacial score (nSPS) is 17.4. The van der Waals surface area contributed by atoms with E-state index in [0.29, 0.717) is 19.5 Å². The van der Waals surface area contributed by atoms with Crippen LogP contribution in [0.2, 0.25) is 0 Å². The van der Waals surface area contributed by atoms with E-state index < -0.39 is 0 Å². The summed E-state index contributed by atoms with van der Waals surface area (Å²) in [4.78, 5) is 19.5. The third kappa shape index (κ3) is 6.16. The molecule has 0 spiro atoms. The van der Waals surface area contributed by atoms with Crippen LogP contribution < -0.4 is 10.6 Å². The van der Waals surface area contributed by atoms with Gasteiger partial charge in [0.1, 0.15) is 12.4 Å². The van der Waals surface area contributed by atoms with E-state index in [-0.39, 0.29) is 35.9 Å². The summed E-state index contributed by atoms with van der Waals surface area (Å²) in [6, 6.07) is 4.40. The second-order valence-corrected chi connectivity index (χ2v) is 7.83. The molecular formula is C18H28IN7OS. The zero-order chi connectivity index (χ0) is 19.2. The maximum Gasteiger partial charge on any atom is 0.222 e. The third-order valence-corrected chi connectivity index (χ3v) is 5.71. The molecule has 2 aromatic heterocycles. The van der Waals surface area contributed by atoms with Crippen molar-refractivity contribution in [2.75, 3.05) is 20.1 Å². The number of likely N-dealkylation sites (N-methyl/N-ethyl adjacent to an activating group) is 1. The Morgan fingerprint density at radius 1 is 1.39 bits per heavy atom. The van der Waals surface area contributed by atoms with Crippen molar-refractivity contribution >= 4 is 47.2 Å². The Morgan fingerprint density at radius 3 is 2.86 bits per heavy atom. The number of carbonyl (C=O) groups is 1. The Morgan fingerprint density at radius 2 is 2.21 bits per heavy atom. The minimum atomic E-state index is 0. The van der Waals surface area contributed by atoms with Crippen LogP contribution in [0.1, 0.15) is 29.4 Å². The molecule has 0 saturated carbocycles. The van der Waals surface area contributed by atoms with Crippen molar-refractivity contribution in [3.8, 4) is 0 Å². The smallest absolute Gasteiger partial charge is 0.222 e. The topological polar surface area (TPSA) is 87.4 Å². The molecule has 1 amide bonds. The van der Waals surface area contributed by atoms with Gasteiger partial charge < -0.3 is 20.1 Å². The van der Waals surface area contributed by atoms with Gasteiger partial charge in [-0.05, 0) is 31.2 Å². The van der Waals surface area contributed by atoms with Gasteiger partial charge in [-0.25, -0.2) is 4.99 Å². The number of likely N-dealkylation sites (tertiary alicyclic amines) is 1. The first kappa shape index (κ1) is 22.6. The summed E-state index contributed by atoms with van der Waals surface area (Å²) < 4.78 is 1.94. The predicted molar refractivity (Wildman–Crippen MR) is 122 cm³/mol. The lowest BCUT2D eigenvalue weighted by Gasteiger charge is -2.31. The van der Waals surface area contributed by atoms with E-state index in [1.54, 1.807) is 16.2 Å². The SMILES string of the molecule is Cc1nnc(CN=C(NCCc2cccs2)NC2CCC(=O)N(C)C2)n1C.I. The second-order valence-electron chi connectivity index (χ2n) is 6.80. The molecule has 1 unspecified atom stereocenters. The minimum Gasteiger partial charge on any atom is -0.356 e. The van der Waals surface area contributed by atoms with Gasteiger partial charge in [-0.1, -0.05) is 6.07 Å². The molecule has 1 fully saturated rings. The molecule has 3 heterocycles. The monoisotopic (exact) mass is 517 g/mol. The number of aromatic nitrogens is 3. The number of nitrogens with zero attached hydrogens (tertiary/aromatic N) is 5. The van der Waals surface area contributed by atoms with Gasteiger partial charge in [0.25, 0.3) is 0 Å². The van der Waals surface area contributed by atoms with Crippen molar-refractivity contribution in [1.82, 2.24) is 30.3 Å². The summed E-state index contributed by atoms with van der Waals surface area (Å²) in [6.07, 6.45) is 2.33. The Hall–Kier alpha value is -1.69. The number of aryl methyl sites for hydroxylation is 1. The summed E-state index contributed by atoms with van der Waals surface area (Å²) in [5.41, 5.74) is 0. The summed E-state index contributed by atoms with van der Waals surface area (Å²) in [5.74, 6) is 2.64. The summed E-state index contributed by atoms with van der Waals surface area (Å²) in [7, 11) is 3.79.